The van der Waals surface area contributed by atoms with Gasteiger partial charge in [0.15, 0.2) is 0 Å². The molecule has 0 aromatic heterocycles. The summed E-state index contributed by atoms with van der Waals surface area (Å²) in [5.74, 6) is -2.00. The van der Waals surface area contributed by atoms with Gasteiger partial charge in [0, 0.05) is 31.4 Å². The maximum absolute atomic E-state index is 14.7. The maximum Gasteiger partial charge on any atom is 0.295 e. The van der Waals surface area contributed by atoms with Crippen LogP contribution in [0.3, 0.4) is 0 Å². The summed E-state index contributed by atoms with van der Waals surface area (Å²) < 4.78 is 25.1. The Kier molecular flexibility index (Phi) is 7.20. The quantitative estimate of drug-likeness (QED) is 0.217. The predicted molar refractivity (Wildman–Crippen MR) is 114 cm³/mol. The number of methoxy groups -OCH3 is 1. The van der Waals surface area contributed by atoms with E-state index < -0.39 is 23.5 Å². The van der Waals surface area contributed by atoms with Crippen molar-refractivity contribution >= 4 is 17.4 Å². The fourth-order valence-electron chi connectivity index (χ4n) is 3.53. The summed E-state index contributed by atoms with van der Waals surface area (Å²) in [5, 5.41) is 11.0. The molecule has 0 saturated carbocycles. The summed E-state index contributed by atoms with van der Waals surface area (Å²) in [4.78, 5) is 26.9. The number of aliphatic hydroxyl groups excluding tert-OH is 1. The molecule has 31 heavy (non-hydrogen) atoms. The number of ether oxygens (including phenoxy) is 2. The number of rotatable bonds is 9. The van der Waals surface area contributed by atoms with Crippen molar-refractivity contribution in [2.24, 2.45) is 0 Å². The topological polar surface area (TPSA) is 76.1 Å². The van der Waals surface area contributed by atoms with Gasteiger partial charge < -0.3 is 19.5 Å². The van der Waals surface area contributed by atoms with E-state index in [4.69, 9.17) is 9.47 Å². The zero-order valence-electron chi connectivity index (χ0n) is 17.2. The molecule has 1 aliphatic heterocycles. The Hall–Kier alpha value is -3.45. The third-order valence-corrected chi connectivity index (χ3v) is 4.98. The second kappa shape index (κ2) is 10.0. The SMILES string of the molecule is C=CCOc1ccc(/C(O)=C2\C(=O)C(=O)N(CCCOC)C2c2ccccc2F)cc1. The highest BCUT2D eigenvalue weighted by molar-refractivity contribution is 6.46. The Morgan fingerprint density at radius 1 is 1.19 bits per heavy atom. The molecule has 0 spiro atoms. The first kappa shape index (κ1) is 22.2. The average molecular weight is 425 g/mol. The first-order chi connectivity index (χ1) is 15.0. The number of nitrogens with zero attached hydrogens (tertiary/aromatic N) is 1. The minimum absolute atomic E-state index is 0.145. The second-order valence-corrected chi connectivity index (χ2v) is 6.98. The van der Waals surface area contributed by atoms with E-state index in [0.717, 1.165) is 0 Å². The molecule has 2 aromatic carbocycles. The fourth-order valence-corrected chi connectivity index (χ4v) is 3.53. The first-order valence-electron chi connectivity index (χ1n) is 9.85. The van der Waals surface area contributed by atoms with Crippen molar-refractivity contribution in [2.45, 2.75) is 12.5 Å². The lowest BCUT2D eigenvalue weighted by molar-refractivity contribution is -0.140. The number of ketones is 1. The van der Waals surface area contributed by atoms with Crippen LogP contribution in [0.1, 0.15) is 23.6 Å². The van der Waals surface area contributed by atoms with Crippen molar-refractivity contribution in [2.75, 3.05) is 26.9 Å². The van der Waals surface area contributed by atoms with Gasteiger partial charge in [0.25, 0.3) is 11.7 Å². The van der Waals surface area contributed by atoms with Crippen molar-refractivity contribution in [1.82, 2.24) is 4.90 Å². The van der Waals surface area contributed by atoms with Gasteiger partial charge in [-0.3, -0.25) is 9.59 Å². The summed E-state index contributed by atoms with van der Waals surface area (Å²) in [7, 11) is 1.53. The van der Waals surface area contributed by atoms with Crippen LogP contribution in [-0.2, 0) is 14.3 Å². The molecule has 1 fully saturated rings. The van der Waals surface area contributed by atoms with Crippen molar-refractivity contribution in [1.29, 1.82) is 0 Å². The molecule has 3 rings (SSSR count). The molecule has 2 aromatic rings. The molecular formula is C24H24FNO5. The molecular weight excluding hydrogens is 401 g/mol. The van der Waals surface area contributed by atoms with Crippen LogP contribution in [0.5, 0.6) is 5.75 Å². The first-order valence-corrected chi connectivity index (χ1v) is 9.85. The molecule has 7 heteroatoms. The van der Waals surface area contributed by atoms with Crippen molar-refractivity contribution in [3.8, 4) is 5.75 Å². The number of hydrogen-bond donors (Lipinski definition) is 1. The standard InChI is InChI=1S/C24H24FNO5/c1-3-14-31-17-11-9-16(10-12-17)22(27)20-21(18-7-4-5-8-19(18)25)26(13-6-15-30-2)24(29)23(20)28/h3-5,7-12,21,27H,1,6,13-15H2,2H3/b22-20+. The molecule has 162 valence electrons. The zero-order chi connectivity index (χ0) is 22.4. The van der Waals surface area contributed by atoms with Crippen LogP contribution in [0.15, 0.2) is 66.8 Å². The lowest BCUT2D eigenvalue weighted by Gasteiger charge is -2.25. The number of benzene rings is 2. The Morgan fingerprint density at radius 3 is 2.55 bits per heavy atom. The lowest BCUT2D eigenvalue weighted by atomic mass is 9.95. The molecule has 0 bridgehead atoms. The second-order valence-electron chi connectivity index (χ2n) is 6.98. The van der Waals surface area contributed by atoms with Gasteiger partial charge >= 0.3 is 0 Å². The van der Waals surface area contributed by atoms with Gasteiger partial charge in [-0.05, 0) is 36.8 Å². The van der Waals surface area contributed by atoms with Gasteiger partial charge in [-0.25, -0.2) is 4.39 Å². The van der Waals surface area contributed by atoms with Crippen molar-refractivity contribution < 1.29 is 28.6 Å². The van der Waals surface area contributed by atoms with Crippen LogP contribution in [0.4, 0.5) is 4.39 Å². The van der Waals surface area contributed by atoms with E-state index in [0.29, 0.717) is 30.9 Å². The highest BCUT2D eigenvalue weighted by Gasteiger charge is 2.46. The minimum atomic E-state index is -1.03. The fraction of sp³-hybridized carbons (Fsp3) is 0.250. The summed E-state index contributed by atoms with van der Waals surface area (Å²) in [6.45, 7) is 4.46. The lowest BCUT2D eigenvalue weighted by Crippen LogP contribution is -2.31. The van der Waals surface area contributed by atoms with Crippen LogP contribution in [-0.4, -0.2) is 48.6 Å². The molecule has 1 heterocycles. The Labute approximate surface area is 180 Å². The normalized spacial score (nSPS) is 17.7. The zero-order valence-corrected chi connectivity index (χ0v) is 17.2. The summed E-state index contributed by atoms with van der Waals surface area (Å²) in [5.41, 5.74) is 0.320. The average Bonchev–Trinajstić information content (AvgIpc) is 3.03. The largest absolute Gasteiger partial charge is 0.507 e. The Balaban J connectivity index is 2.06. The van der Waals surface area contributed by atoms with Gasteiger partial charge in [-0.2, -0.15) is 0 Å². The summed E-state index contributed by atoms with van der Waals surface area (Å²) in [6, 6.07) is 11.3. The van der Waals surface area contributed by atoms with E-state index in [9.17, 15) is 19.1 Å². The summed E-state index contributed by atoms with van der Waals surface area (Å²) in [6.07, 6.45) is 2.07. The minimum Gasteiger partial charge on any atom is -0.507 e. The molecule has 1 atom stereocenters. The number of hydrogen-bond acceptors (Lipinski definition) is 5. The molecule has 0 aliphatic carbocycles. The number of amides is 1. The smallest absolute Gasteiger partial charge is 0.295 e. The van der Waals surface area contributed by atoms with Gasteiger partial charge in [0.2, 0.25) is 0 Å². The maximum atomic E-state index is 14.7. The molecule has 1 saturated heterocycles. The van der Waals surface area contributed by atoms with Gasteiger partial charge in [0.05, 0.1) is 11.6 Å². The number of halogens is 1. The molecule has 0 radical (unpaired) electrons. The number of Topliss-reactive ketones (excluding diaryl/α,β-unsaturated/α-hetero) is 1. The van der Waals surface area contributed by atoms with Crippen molar-refractivity contribution in [3.63, 3.8) is 0 Å². The molecule has 1 amide bonds. The van der Waals surface area contributed by atoms with E-state index in [2.05, 4.69) is 6.58 Å². The predicted octanol–water partition coefficient (Wildman–Crippen LogP) is 3.85. The van der Waals surface area contributed by atoms with Gasteiger partial charge in [-0.15, -0.1) is 0 Å². The van der Waals surface area contributed by atoms with E-state index >= 15 is 0 Å². The highest BCUT2D eigenvalue weighted by Crippen LogP contribution is 2.40. The van der Waals surface area contributed by atoms with E-state index in [1.165, 1.54) is 30.2 Å². The highest BCUT2D eigenvalue weighted by atomic mass is 19.1. The van der Waals surface area contributed by atoms with E-state index in [1.54, 1.807) is 36.4 Å². The number of aliphatic hydroxyl groups is 1. The van der Waals surface area contributed by atoms with Crippen LogP contribution in [0, 0.1) is 5.82 Å². The van der Waals surface area contributed by atoms with Crippen LogP contribution < -0.4 is 4.74 Å². The third kappa shape index (κ3) is 4.67. The van der Waals surface area contributed by atoms with Gasteiger partial charge in [0.1, 0.15) is 23.9 Å². The molecule has 1 N–H and O–H groups in total. The van der Waals surface area contributed by atoms with Crippen LogP contribution in [0.25, 0.3) is 5.76 Å². The Bertz CT molecular complexity index is 999. The van der Waals surface area contributed by atoms with E-state index in [1.807, 2.05) is 0 Å². The molecule has 1 unspecified atom stereocenters. The third-order valence-electron chi connectivity index (χ3n) is 4.98. The number of likely N-dealkylation sites (tertiary alicyclic amines) is 1. The van der Waals surface area contributed by atoms with E-state index in [-0.39, 0.29) is 23.4 Å². The molecule has 6 nitrogen and oxygen atoms in total. The number of carbonyl (C=O) groups excluding carboxylic acids is 2. The van der Waals surface area contributed by atoms with Crippen LogP contribution in [0.2, 0.25) is 0 Å². The van der Waals surface area contributed by atoms with Crippen molar-refractivity contribution in [3.05, 3.63) is 83.7 Å². The van der Waals surface area contributed by atoms with Crippen LogP contribution >= 0.6 is 0 Å². The van der Waals surface area contributed by atoms with Gasteiger partial charge in [-0.1, -0.05) is 30.9 Å². The molecule has 1 aliphatic rings. The monoisotopic (exact) mass is 425 g/mol. The summed E-state index contributed by atoms with van der Waals surface area (Å²) >= 11 is 0. The number of carbonyl (C=O) groups is 2. The Morgan fingerprint density at radius 2 is 1.90 bits per heavy atom.